The molecule has 1 atom stereocenters. The molecule has 0 aliphatic rings. The number of halogens is 1. The molecule has 0 aliphatic carbocycles. The number of aromatic amines is 1. The number of aliphatic hydroxyl groups excluding tert-OH is 1. The lowest BCUT2D eigenvalue weighted by Crippen LogP contribution is -2.04. The van der Waals surface area contributed by atoms with Crippen LogP contribution in [0, 0.1) is 12.7 Å². The van der Waals surface area contributed by atoms with Gasteiger partial charge in [-0.25, -0.2) is 9.37 Å². The molecule has 96 valence electrons. The Balaban J connectivity index is 2.27. The molecule has 1 aromatic heterocycles. The third-order valence-electron chi connectivity index (χ3n) is 3.30. The number of benzene rings is 2. The summed E-state index contributed by atoms with van der Waals surface area (Å²) in [5, 5.41) is 11.6. The Bertz CT molecular complexity index is 722. The van der Waals surface area contributed by atoms with Crippen molar-refractivity contribution in [2.45, 2.75) is 13.0 Å². The van der Waals surface area contributed by atoms with Crippen LogP contribution in [-0.2, 0) is 0 Å². The SMILES string of the molecule is Cc1cccc2c(F)ccc(C(O)c3ncc[nH]3)c12. The zero-order valence-corrected chi connectivity index (χ0v) is 10.4. The zero-order chi connectivity index (χ0) is 13.4. The fraction of sp³-hybridized carbons (Fsp3) is 0.133. The van der Waals surface area contributed by atoms with Crippen molar-refractivity contribution in [2.24, 2.45) is 0 Å². The molecular weight excluding hydrogens is 243 g/mol. The normalized spacial score (nSPS) is 12.8. The van der Waals surface area contributed by atoms with Gasteiger partial charge in [0.25, 0.3) is 0 Å². The second-order valence-corrected chi connectivity index (χ2v) is 4.51. The molecule has 3 aromatic rings. The van der Waals surface area contributed by atoms with E-state index in [9.17, 15) is 9.50 Å². The summed E-state index contributed by atoms with van der Waals surface area (Å²) in [6, 6.07) is 8.42. The van der Waals surface area contributed by atoms with Crippen molar-refractivity contribution in [1.29, 1.82) is 0 Å². The van der Waals surface area contributed by atoms with Crippen LogP contribution in [0.25, 0.3) is 10.8 Å². The van der Waals surface area contributed by atoms with Crippen LogP contribution in [0.2, 0.25) is 0 Å². The molecule has 1 heterocycles. The Morgan fingerprint density at radius 1 is 1.26 bits per heavy atom. The smallest absolute Gasteiger partial charge is 0.139 e. The molecule has 0 saturated carbocycles. The van der Waals surface area contributed by atoms with Crippen molar-refractivity contribution >= 4 is 10.8 Å². The molecule has 19 heavy (non-hydrogen) atoms. The molecule has 2 N–H and O–H groups in total. The minimum atomic E-state index is -0.890. The minimum Gasteiger partial charge on any atom is -0.380 e. The Morgan fingerprint density at radius 3 is 2.84 bits per heavy atom. The van der Waals surface area contributed by atoms with Gasteiger partial charge < -0.3 is 10.1 Å². The van der Waals surface area contributed by atoms with E-state index >= 15 is 0 Å². The molecule has 1 unspecified atom stereocenters. The first-order valence-corrected chi connectivity index (χ1v) is 6.03. The van der Waals surface area contributed by atoms with E-state index in [1.807, 2.05) is 19.1 Å². The fourth-order valence-corrected chi connectivity index (χ4v) is 2.39. The predicted molar refractivity (Wildman–Crippen MR) is 71.3 cm³/mol. The average Bonchev–Trinajstić information content (AvgIpc) is 2.93. The summed E-state index contributed by atoms with van der Waals surface area (Å²) >= 11 is 0. The van der Waals surface area contributed by atoms with Gasteiger partial charge in [0.05, 0.1) is 0 Å². The summed E-state index contributed by atoms with van der Waals surface area (Å²) in [6.07, 6.45) is 2.34. The lowest BCUT2D eigenvalue weighted by Gasteiger charge is -2.14. The summed E-state index contributed by atoms with van der Waals surface area (Å²) in [4.78, 5) is 6.93. The number of hydrogen-bond acceptors (Lipinski definition) is 2. The number of nitrogens with one attached hydrogen (secondary N) is 1. The summed E-state index contributed by atoms with van der Waals surface area (Å²) in [5.41, 5.74) is 1.59. The van der Waals surface area contributed by atoms with Gasteiger partial charge in [-0.15, -0.1) is 0 Å². The van der Waals surface area contributed by atoms with Gasteiger partial charge >= 0.3 is 0 Å². The number of aromatic nitrogens is 2. The quantitative estimate of drug-likeness (QED) is 0.740. The molecule has 0 bridgehead atoms. The van der Waals surface area contributed by atoms with Crippen LogP contribution < -0.4 is 0 Å². The summed E-state index contributed by atoms with van der Waals surface area (Å²) < 4.78 is 13.8. The second kappa shape index (κ2) is 4.48. The third kappa shape index (κ3) is 1.90. The van der Waals surface area contributed by atoms with Gasteiger partial charge in [0.15, 0.2) is 0 Å². The minimum absolute atomic E-state index is 0.283. The average molecular weight is 256 g/mol. The molecule has 0 aliphatic heterocycles. The lowest BCUT2D eigenvalue weighted by molar-refractivity contribution is 0.212. The third-order valence-corrected chi connectivity index (χ3v) is 3.30. The monoisotopic (exact) mass is 256 g/mol. The van der Waals surface area contributed by atoms with Crippen LogP contribution in [0.4, 0.5) is 4.39 Å². The highest BCUT2D eigenvalue weighted by molar-refractivity contribution is 5.89. The standard InChI is InChI=1S/C15H13FN2O/c1-9-3-2-4-10-12(16)6-5-11(13(9)10)14(19)15-17-7-8-18-15/h2-8,14,19H,1H3,(H,17,18). The highest BCUT2D eigenvalue weighted by Crippen LogP contribution is 2.31. The largest absolute Gasteiger partial charge is 0.380 e. The Kier molecular flexibility index (Phi) is 2.80. The van der Waals surface area contributed by atoms with E-state index in [0.717, 1.165) is 10.9 Å². The van der Waals surface area contributed by atoms with Crippen molar-refractivity contribution < 1.29 is 9.50 Å². The van der Waals surface area contributed by atoms with Gasteiger partial charge in [-0.1, -0.05) is 24.3 Å². The van der Waals surface area contributed by atoms with Gasteiger partial charge in [0.2, 0.25) is 0 Å². The van der Waals surface area contributed by atoms with Crippen LogP contribution in [0.5, 0.6) is 0 Å². The van der Waals surface area contributed by atoms with Gasteiger partial charge in [0, 0.05) is 17.8 Å². The maximum Gasteiger partial charge on any atom is 0.139 e. The van der Waals surface area contributed by atoms with Gasteiger partial charge in [-0.2, -0.15) is 0 Å². The lowest BCUT2D eigenvalue weighted by atomic mass is 9.96. The number of imidazole rings is 1. The molecule has 0 amide bonds. The maximum atomic E-state index is 13.8. The molecule has 4 heteroatoms. The van der Waals surface area contributed by atoms with Crippen molar-refractivity contribution in [3.05, 3.63) is 65.5 Å². The van der Waals surface area contributed by atoms with Crippen LogP contribution in [0.15, 0.2) is 42.7 Å². The highest BCUT2D eigenvalue weighted by atomic mass is 19.1. The Labute approximate surface area is 109 Å². The summed E-state index contributed by atoms with van der Waals surface area (Å²) in [5.74, 6) is 0.172. The van der Waals surface area contributed by atoms with Gasteiger partial charge in [-0.3, -0.25) is 0 Å². The van der Waals surface area contributed by atoms with E-state index < -0.39 is 6.10 Å². The number of H-pyrrole nitrogens is 1. The Hall–Kier alpha value is -2.20. The summed E-state index contributed by atoms with van der Waals surface area (Å²) in [7, 11) is 0. The van der Waals surface area contributed by atoms with Crippen LogP contribution in [-0.4, -0.2) is 15.1 Å². The van der Waals surface area contributed by atoms with E-state index in [0.29, 0.717) is 16.8 Å². The van der Waals surface area contributed by atoms with Crippen LogP contribution >= 0.6 is 0 Å². The second-order valence-electron chi connectivity index (χ2n) is 4.51. The molecule has 2 aromatic carbocycles. The topological polar surface area (TPSA) is 48.9 Å². The highest BCUT2D eigenvalue weighted by Gasteiger charge is 2.18. The molecular formula is C15H13FN2O. The number of nitrogens with zero attached hydrogens (tertiary/aromatic N) is 1. The number of rotatable bonds is 2. The first-order valence-electron chi connectivity index (χ1n) is 6.03. The van der Waals surface area contributed by atoms with E-state index in [2.05, 4.69) is 9.97 Å². The van der Waals surface area contributed by atoms with Crippen molar-refractivity contribution in [1.82, 2.24) is 9.97 Å². The van der Waals surface area contributed by atoms with E-state index in [1.54, 1.807) is 24.5 Å². The van der Waals surface area contributed by atoms with E-state index in [-0.39, 0.29) is 5.82 Å². The first kappa shape index (κ1) is 11.9. The van der Waals surface area contributed by atoms with E-state index in [4.69, 9.17) is 0 Å². The van der Waals surface area contributed by atoms with Crippen molar-refractivity contribution in [3.63, 3.8) is 0 Å². The molecule has 3 nitrogen and oxygen atoms in total. The maximum absolute atomic E-state index is 13.8. The molecule has 0 fully saturated rings. The number of aliphatic hydroxyl groups is 1. The molecule has 3 rings (SSSR count). The molecule has 0 saturated heterocycles. The molecule has 0 spiro atoms. The zero-order valence-electron chi connectivity index (χ0n) is 10.4. The summed E-state index contributed by atoms with van der Waals surface area (Å²) in [6.45, 7) is 1.90. The Morgan fingerprint density at radius 2 is 2.11 bits per heavy atom. The van der Waals surface area contributed by atoms with Crippen molar-refractivity contribution in [2.75, 3.05) is 0 Å². The number of hydrogen-bond donors (Lipinski definition) is 2. The van der Waals surface area contributed by atoms with Gasteiger partial charge in [0.1, 0.15) is 17.7 Å². The number of aryl methyl sites for hydroxylation is 1. The van der Waals surface area contributed by atoms with Crippen LogP contribution in [0.3, 0.4) is 0 Å². The van der Waals surface area contributed by atoms with Gasteiger partial charge in [-0.05, 0) is 29.5 Å². The predicted octanol–water partition coefficient (Wildman–Crippen LogP) is 3.09. The van der Waals surface area contributed by atoms with Crippen LogP contribution in [0.1, 0.15) is 23.1 Å². The fourth-order valence-electron chi connectivity index (χ4n) is 2.39. The van der Waals surface area contributed by atoms with E-state index in [1.165, 1.54) is 6.07 Å². The van der Waals surface area contributed by atoms with Crippen molar-refractivity contribution in [3.8, 4) is 0 Å². The molecule has 0 radical (unpaired) electrons. The first-order chi connectivity index (χ1) is 9.18. The number of fused-ring (bicyclic) bond motifs is 1.